The highest BCUT2D eigenvalue weighted by Gasteiger charge is 2.00. The summed E-state index contributed by atoms with van der Waals surface area (Å²) >= 11 is 0. The molecule has 0 rings (SSSR count). The van der Waals surface area contributed by atoms with Crippen molar-refractivity contribution >= 4 is 11.8 Å². The Morgan fingerprint density at radius 3 is 0.293 bits per heavy atom. The van der Waals surface area contributed by atoms with Crippen molar-refractivity contribution in [3.63, 3.8) is 0 Å². The normalized spacial score (nSPS) is 11.5. The van der Waals surface area contributed by atoms with E-state index in [4.69, 9.17) is 11.5 Å². The highest BCUT2D eigenvalue weighted by atomic mass is 16.1. The Morgan fingerprint density at radius 1 is 0.155 bits per heavy atom. The fourth-order valence-electron chi connectivity index (χ4n) is 9.08. The summed E-state index contributed by atoms with van der Waals surface area (Å²) < 4.78 is 0. The molecule has 0 aromatic heterocycles. The van der Waals surface area contributed by atoms with Crippen LogP contribution < -0.4 is 11.5 Å². The smallest absolute Gasteiger partial charge is 0.217 e. The molecular formula is C54H108N2O2. The fourth-order valence-corrected chi connectivity index (χ4v) is 9.08. The van der Waals surface area contributed by atoms with Crippen LogP contribution in [0.1, 0.15) is 334 Å². The molecular weight excluding hydrogens is 709 g/mol. The Kier molecular flexibility index (Phi) is 51.1. The molecule has 0 aromatic carbocycles. The Labute approximate surface area is 365 Å². The lowest BCUT2D eigenvalue weighted by Gasteiger charge is -2.05. The summed E-state index contributed by atoms with van der Waals surface area (Å²) in [7, 11) is 0. The molecule has 4 heteroatoms. The quantitative estimate of drug-likeness (QED) is 0.0599. The second-order valence-corrected chi connectivity index (χ2v) is 19.1. The van der Waals surface area contributed by atoms with Crippen LogP contribution in [-0.4, -0.2) is 11.8 Å². The van der Waals surface area contributed by atoms with E-state index in [9.17, 15) is 9.59 Å². The number of rotatable bonds is 53. The molecule has 2 amide bonds. The SMILES string of the molecule is NC(=O)CCCCCCCCCCCCCCCCCCCCCCCCCCCCCCCCCCCCCCCCCCCCCCCCCCCCC(N)=O. The van der Waals surface area contributed by atoms with E-state index in [1.165, 1.54) is 308 Å². The minimum absolute atomic E-state index is 0.148. The van der Waals surface area contributed by atoms with E-state index in [2.05, 4.69) is 0 Å². The molecule has 4 N–H and O–H groups in total. The van der Waals surface area contributed by atoms with Crippen LogP contribution in [0.2, 0.25) is 0 Å². The molecule has 58 heavy (non-hydrogen) atoms. The van der Waals surface area contributed by atoms with Gasteiger partial charge in [-0.1, -0.05) is 308 Å². The van der Waals surface area contributed by atoms with Crippen molar-refractivity contribution in [2.24, 2.45) is 11.5 Å². The van der Waals surface area contributed by atoms with E-state index < -0.39 is 0 Å². The maximum atomic E-state index is 10.7. The molecule has 0 saturated heterocycles. The predicted octanol–water partition coefficient (Wildman–Crippen LogP) is 18.2. The minimum atomic E-state index is -0.148. The monoisotopic (exact) mass is 817 g/mol. The first-order valence-corrected chi connectivity index (χ1v) is 27.2. The van der Waals surface area contributed by atoms with E-state index in [1.807, 2.05) is 0 Å². The van der Waals surface area contributed by atoms with Crippen molar-refractivity contribution in [1.82, 2.24) is 0 Å². The van der Waals surface area contributed by atoms with Gasteiger partial charge in [-0.15, -0.1) is 0 Å². The number of hydrogen-bond acceptors (Lipinski definition) is 2. The van der Waals surface area contributed by atoms with Crippen molar-refractivity contribution in [3.8, 4) is 0 Å². The molecule has 0 atom stereocenters. The van der Waals surface area contributed by atoms with Crippen molar-refractivity contribution in [1.29, 1.82) is 0 Å². The van der Waals surface area contributed by atoms with Crippen LogP contribution in [0.5, 0.6) is 0 Å². The number of carbonyl (C=O) groups is 2. The van der Waals surface area contributed by atoms with Crippen LogP contribution >= 0.6 is 0 Å². The van der Waals surface area contributed by atoms with Gasteiger partial charge in [-0.3, -0.25) is 9.59 Å². The molecule has 0 aromatic rings. The number of amides is 2. The topological polar surface area (TPSA) is 86.2 Å². The van der Waals surface area contributed by atoms with E-state index in [0.717, 1.165) is 12.8 Å². The highest BCUT2D eigenvalue weighted by Crippen LogP contribution is 2.19. The summed E-state index contributed by atoms with van der Waals surface area (Å²) in [6.45, 7) is 0. The maximum absolute atomic E-state index is 10.7. The molecule has 4 nitrogen and oxygen atoms in total. The van der Waals surface area contributed by atoms with Gasteiger partial charge >= 0.3 is 0 Å². The number of carbonyl (C=O) groups excluding carboxylic acids is 2. The summed E-state index contributed by atoms with van der Waals surface area (Å²) in [5.41, 5.74) is 10.4. The first-order chi connectivity index (χ1) is 28.6. The molecule has 0 aliphatic rings. The zero-order chi connectivity index (χ0) is 41.9. The van der Waals surface area contributed by atoms with Gasteiger partial charge in [0.15, 0.2) is 0 Å². The molecule has 0 bridgehead atoms. The van der Waals surface area contributed by atoms with Crippen molar-refractivity contribution in [2.45, 2.75) is 334 Å². The van der Waals surface area contributed by atoms with Crippen LogP contribution in [0, 0.1) is 0 Å². The molecule has 0 radical (unpaired) electrons. The van der Waals surface area contributed by atoms with Crippen molar-refractivity contribution in [3.05, 3.63) is 0 Å². The van der Waals surface area contributed by atoms with Gasteiger partial charge in [-0.05, 0) is 12.8 Å². The van der Waals surface area contributed by atoms with Gasteiger partial charge in [0.1, 0.15) is 0 Å². The Hall–Kier alpha value is -1.06. The van der Waals surface area contributed by atoms with E-state index in [1.54, 1.807) is 0 Å². The van der Waals surface area contributed by atoms with Crippen molar-refractivity contribution in [2.75, 3.05) is 0 Å². The average molecular weight is 817 g/mol. The summed E-state index contributed by atoms with van der Waals surface area (Å²) in [6, 6.07) is 0. The third-order valence-electron chi connectivity index (χ3n) is 13.1. The van der Waals surface area contributed by atoms with Gasteiger partial charge in [-0.2, -0.15) is 0 Å². The molecule has 346 valence electrons. The third-order valence-corrected chi connectivity index (χ3v) is 13.1. The van der Waals surface area contributed by atoms with E-state index in [0.29, 0.717) is 12.8 Å². The molecule has 0 spiro atoms. The van der Waals surface area contributed by atoms with Crippen LogP contribution in [0.4, 0.5) is 0 Å². The Morgan fingerprint density at radius 2 is 0.224 bits per heavy atom. The summed E-state index contributed by atoms with van der Waals surface area (Å²) in [6.07, 6.45) is 71.8. The van der Waals surface area contributed by atoms with Gasteiger partial charge in [0.2, 0.25) is 11.8 Å². The third kappa shape index (κ3) is 54.9. The number of unbranched alkanes of at least 4 members (excludes halogenated alkanes) is 49. The number of hydrogen-bond donors (Lipinski definition) is 2. The zero-order valence-corrected chi connectivity index (χ0v) is 39.7. The van der Waals surface area contributed by atoms with Crippen molar-refractivity contribution < 1.29 is 9.59 Å². The first kappa shape index (κ1) is 56.9. The van der Waals surface area contributed by atoms with Gasteiger partial charge in [0, 0.05) is 12.8 Å². The van der Waals surface area contributed by atoms with E-state index >= 15 is 0 Å². The number of nitrogens with two attached hydrogens (primary N) is 2. The predicted molar refractivity (Wildman–Crippen MR) is 258 cm³/mol. The molecule has 0 heterocycles. The summed E-state index contributed by atoms with van der Waals surface area (Å²) in [5.74, 6) is -0.296. The highest BCUT2D eigenvalue weighted by molar-refractivity contribution is 5.73. The standard InChI is InChI=1S/C54H108N2O2/c55-53(57)51-49-47-45-43-41-39-37-35-33-31-29-27-25-23-21-19-17-15-13-11-9-7-5-3-1-2-4-6-8-10-12-14-16-18-20-22-24-26-28-30-32-34-36-38-40-42-44-46-48-50-52-54(56)58/h1-52H2,(H2,55,57)(H2,56,58). The molecule has 0 fully saturated rings. The lowest BCUT2D eigenvalue weighted by atomic mass is 10.0. The van der Waals surface area contributed by atoms with Gasteiger partial charge in [0.05, 0.1) is 0 Å². The molecule has 0 aliphatic carbocycles. The van der Waals surface area contributed by atoms with Crippen LogP contribution in [0.15, 0.2) is 0 Å². The minimum Gasteiger partial charge on any atom is -0.370 e. The lowest BCUT2D eigenvalue weighted by molar-refractivity contribution is -0.119. The molecule has 0 unspecified atom stereocenters. The lowest BCUT2D eigenvalue weighted by Crippen LogP contribution is -2.09. The van der Waals surface area contributed by atoms with Gasteiger partial charge in [-0.25, -0.2) is 0 Å². The Balaban J connectivity index is 3.07. The van der Waals surface area contributed by atoms with Gasteiger partial charge in [0.25, 0.3) is 0 Å². The molecule has 0 saturated carbocycles. The fraction of sp³-hybridized carbons (Fsp3) is 0.963. The number of primary amides is 2. The summed E-state index contributed by atoms with van der Waals surface area (Å²) in [4.78, 5) is 21.5. The van der Waals surface area contributed by atoms with Gasteiger partial charge < -0.3 is 11.5 Å². The summed E-state index contributed by atoms with van der Waals surface area (Å²) in [5, 5.41) is 0. The second-order valence-electron chi connectivity index (χ2n) is 19.1. The average Bonchev–Trinajstić information content (AvgIpc) is 3.21. The van der Waals surface area contributed by atoms with Crippen LogP contribution in [0.25, 0.3) is 0 Å². The van der Waals surface area contributed by atoms with Crippen LogP contribution in [-0.2, 0) is 9.59 Å². The van der Waals surface area contributed by atoms with Crippen LogP contribution in [0.3, 0.4) is 0 Å². The maximum Gasteiger partial charge on any atom is 0.217 e. The largest absolute Gasteiger partial charge is 0.370 e. The van der Waals surface area contributed by atoms with E-state index in [-0.39, 0.29) is 11.8 Å². The molecule has 0 aliphatic heterocycles. The first-order valence-electron chi connectivity index (χ1n) is 27.2. The zero-order valence-electron chi connectivity index (χ0n) is 39.7. The second kappa shape index (κ2) is 52.1. The Bertz CT molecular complexity index is 721.